The van der Waals surface area contributed by atoms with Crippen molar-refractivity contribution >= 4 is 17.2 Å². The molecule has 3 aromatic rings. The zero-order valence-electron chi connectivity index (χ0n) is 14.0. The second-order valence-corrected chi connectivity index (χ2v) is 5.84. The monoisotopic (exact) mass is 338 g/mol. The van der Waals surface area contributed by atoms with E-state index in [1.54, 1.807) is 19.1 Å². The summed E-state index contributed by atoms with van der Waals surface area (Å²) in [4.78, 5) is 20.8. The number of aromatic nitrogens is 1. The van der Waals surface area contributed by atoms with Crippen molar-refractivity contribution in [2.45, 2.75) is 27.0 Å². The highest BCUT2D eigenvalue weighted by molar-refractivity contribution is 5.86. The van der Waals surface area contributed by atoms with Gasteiger partial charge in [0, 0.05) is 23.5 Å². The van der Waals surface area contributed by atoms with Gasteiger partial charge in [-0.05, 0) is 26.0 Å². The molecule has 3 rings (SSSR count). The minimum Gasteiger partial charge on any atom is -0.506 e. The number of rotatable bonds is 4. The second-order valence-electron chi connectivity index (χ2n) is 5.84. The Bertz CT molecular complexity index is 1020. The van der Waals surface area contributed by atoms with Crippen molar-refractivity contribution in [3.05, 3.63) is 68.8 Å². The van der Waals surface area contributed by atoms with E-state index in [2.05, 4.69) is 9.98 Å². The molecule has 0 fully saturated rings. The number of benzene rings is 1. The molecule has 6 nitrogen and oxygen atoms in total. The first-order valence-electron chi connectivity index (χ1n) is 7.80. The van der Waals surface area contributed by atoms with Gasteiger partial charge in [-0.1, -0.05) is 11.6 Å². The van der Waals surface area contributed by atoms with Crippen LogP contribution in [0.3, 0.4) is 0 Å². The van der Waals surface area contributed by atoms with E-state index in [9.17, 15) is 15.0 Å². The lowest BCUT2D eigenvalue weighted by Gasteiger charge is -2.08. The molecular formula is C19H18N2O4. The second kappa shape index (κ2) is 6.86. The number of aliphatic hydroxyl groups excluding tert-OH is 1. The number of aromatic hydroxyl groups is 1. The smallest absolute Gasteiger partial charge is 0.201 e. The highest BCUT2D eigenvalue weighted by Crippen LogP contribution is 2.24. The molecular weight excluding hydrogens is 320 g/mol. The van der Waals surface area contributed by atoms with Gasteiger partial charge in [0.25, 0.3) is 0 Å². The average molecular weight is 338 g/mol. The molecule has 0 saturated carbocycles. The normalized spacial score (nSPS) is 11.5. The predicted molar refractivity (Wildman–Crippen MR) is 95.1 cm³/mol. The number of fused-ring (bicyclic) bond motifs is 1. The molecule has 0 spiro atoms. The van der Waals surface area contributed by atoms with Crippen molar-refractivity contribution < 1.29 is 14.6 Å². The fourth-order valence-electron chi connectivity index (χ4n) is 2.58. The van der Waals surface area contributed by atoms with E-state index < -0.39 is 0 Å². The summed E-state index contributed by atoms with van der Waals surface area (Å²) in [5, 5.41) is 20.0. The van der Waals surface area contributed by atoms with Crippen molar-refractivity contribution in [2.75, 3.05) is 0 Å². The summed E-state index contributed by atoms with van der Waals surface area (Å²) in [5.41, 5.74) is 3.12. The molecule has 0 bridgehead atoms. The number of nitrogens with zero attached hydrogens (tertiary/aromatic N) is 2. The van der Waals surface area contributed by atoms with E-state index in [4.69, 9.17) is 4.42 Å². The Hall–Kier alpha value is -2.99. The van der Waals surface area contributed by atoms with Crippen LogP contribution in [0.5, 0.6) is 5.75 Å². The molecule has 2 heterocycles. The number of aliphatic hydroxyl groups is 1. The van der Waals surface area contributed by atoms with Crippen molar-refractivity contribution in [1.82, 2.24) is 4.98 Å². The maximum Gasteiger partial charge on any atom is 0.201 e. The van der Waals surface area contributed by atoms with Crippen LogP contribution >= 0.6 is 0 Å². The molecule has 0 aliphatic carbocycles. The SMILES string of the molecule is Cc1ccc2occ(C=NCc3c(CO)cnc(C)c3O)c(=O)c2c1. The molecule has 128 valence electrons. The molecule has 0 aliphatic rings. The van der Waals surface area contributed by atoms with Gasteiger partial charge in [0.1, 0.15) is 17.6 Å². The lowest BCUT2D eigenvalue weighted by atomic mass is 10.1. The molecule has 0 aliphatic heterocycles. The van der Waals surface area contributed by atoms with Gasteiger partial charge in [0.05, 0.1) is 29.8 Å². The van der Waals surface area contributed by atoms with Gasteiger partial charge < -0.3 is 14.6 Å². The lowest BCUT2D eigenvalue weighted by molar-refractivity contribution is 0.279. The first kappa shape index (κ1) is 16.9. The minimum absolute atomic E-state index is 0.00451. The maximum atomic E-state index is 12.5. The number of aliphatic imine (C=N–C) groups is 1. The largest absolute Gasteiger partial charge is 0.506 e. The van der Waals surface area contributed by atoms with Gasteiger partial charge >= 0.3 is 0 Å². The summed E-state index contributed by atoms with van der Waals surface area (Å²) in [7, 11) is 0. The fraction of sp³-hybridized carbons (Fsp3) is 0.211. The van der Waals surface area contributed by atoms with Crippen LogP contribution in [-0.4, -0.2) is 21.4 Å². The summed E-state index contributed by atoms with van der Waals surface area (Å²) < 4.78 is 5.48. The lowest BCUT2D eigenvalue weighted by Crippen LogP contribution is -2.08. The van der Waals surface area contributed by atoms with E-state index in [0.717, 1.165) is 5.56 Å². The van der Waals surface area contributed by atoms with Crippen molar-refractivity contribution in [3.8, 4) is 5.75 Å². The van der Waals surface area contributed by atoms with Crippen LogP contribution in [0.4, 0.5) is 0 Å². The highest BCUT2D eigenvalue weighted by Gasteiger charge is 2.11. The van der Waals surface area contributed by atoms with Gasteiger partial charge in [-0.25, -0.2) is 0 Å². The molecule has 6 heteroatoms. The highest BCUT2D eigenvalue weighted by atomic mass is 16.3. The molecule has 2 N–H and O–H groups in total. The molecule has 1 aromatic carbocycles. The molecule has 0 amide bonds. The van der Waals surface area contributed by atoms with Gasteiger partial charge in [-0.3, -0.25) is 14.8 Å². The van der Waals surface area contributed by atoms with E-state index in [1.165, 1.54) is 18.7 Å². The van der Waals surface area contributed by atoms with Crippen LogP contribution in [0.1, 0.15) is 27.9 Å². The third kappa shape index (κ3) is 3.29. The Kier molecular flexibility index (Phi) is 4.63. The van der Waals surface area contributed by atoms with Gasteiger partial charge in [0.2, 0.25) is 5.43 Å². The molecule has 0 unspecified atom stereocenters. The Morgan fingerprint density at radius 3 is 2.88 bits per heavy atom. The Morgan fingerprint density at radius 2 is 2.12 bits per heavy atom. The van der Waals surface area contributed by atoms with Crippen LogP contribution in [0, 0.1) is 13.8 Å². The first-order valence-corrected chi connectivity index (χ1v) is 7.80. The number of hydrogen-bond acceptors (Lipinski definition) is 6. The standard InChI is InChI=1S/C19H18N2O4/c1-11-3-4-17-15(5-11)19(24)14(10-25-17)6-20-8-16-13(9-22)7-21-12(2)18(16)23/h3-7,10,22-23H,8-9H2,1-2H3. The third-order valence-electron chi connectivity index (χ3n) is 4.04. The number of aryl methyl sites for hydroxylation is 2. The molecule has 2 aromatic heterocycles. The van der Waals surface area contributed by atoms with Gasteiger partial charge in [0.15, 0.2) is 0 Å². The summed E-state index contributed by atoms with van der Waals surface area (Å²) in [5.74, 6) is 0.00451. The van der Waals surface area contributed by atoms with Crippen LogP contribution in [0.15, 0.2) is 44.9 Å². The Balaban J connectivity index is 1.94. The van der Waals surface area contributed by atoms with E-state index >= 15 is 0 Å². The summed E-state index contributed by atoms with van der Waals surface area (Å²) in [6, 6.07) is 5.42. The van der Waals surface area contributed by atoms with E-state index in [1.807, 2.05) is 13.0 Å². The molecule has 25 heavy (non-hydrogen) atoms. The van der Waals surface area contributed by atoms with E-state index in [0.29, 0.717) is 33.4 Å². The Morgan fingerprint density at radius 1 is 1.32 bits per heavy atom. The van der Waals surface area contributed by atoms with Crippen LogP contribution in [0.2, 0.25) is 0 Å². The zero-order chi connectivity index (χ0) is 18.0. The summed E-state index contributed by atoms with van der Waals surface area (Å²) >= 11 is 0. The van der Waals surface area contributed by atoms with Gasteiger partial charge in [-0.15, -0.1) is 0 Å². The number of pyridine rings is 1. The van der Waals surface area contributed by atoms with Crippen LogP contribution in [0.25, 0.3) is 11.0 Å². The molecule has 0 saturated heterocycles. The third-order valence-corrected chi connectivity index (χ3v) is 4.04. The predicted octanol–water partition coefficient (Wildman–Crippen LogP) is 2.62. The zero-order valence-corrected chi connectivity index (χ0v) is 14.0. The summed E-state index contributed by atoms with van der Waals surface area (Å²) in [6.45, 7) is 3.45. The van der Waals surface area contributed by atoms with Crippen molar-refractivity contribution in [1.29, 1.82) is 0 Å². The van der Waals surface area contributed by atoms with Crippen molar-refractivity contribution in [3.63, 3.8) is 0 Å². The maximum absolute atomic E-state index is 12.5. The quantitative estimate of drug-likeness (QED) is 0.713. The molecule has 0 radical (unpaired) electrons. The van der Waals surface area contributed by atoms with Gasteiger partial charge in [-0.2, -0.15) is 0 Å². The van der Waals surface area contributed by atoms with Crippen LogP contribution < -0.4 is 5.43 Å². The average Bonchev–Trinajstić information content (AvgIpc) is 2.61. The van der Waals surface area contributed by atoms with E-state index in [-0.39, 0.29) is 24.3 Å². The summed E-state index contributed by atoms with van der Waals surface area (Å²) in [6.07, 6.45) is 4.30. The fourth-order valence-corrected chi connectivity index (χ4v) is 2.58. The Labute approximate surface area is 144 Å². The first-order chi connectivity index (χ1) is 12.0. The topological polar surface area (TPSA) is 95.9 Å². The number of hydrogen-bond donors (Lipinski definition) is 2. The van der Waals surface area contributed by atoms with Crippen molar-refractivity contribution in [2.24, 2.45) is 4.99 Å². The van der Waals surface area contributed by atoms with Crippen LogP contribution in [-0.2, 0) is 13.2 Å². The molecule has 0 atom stereocenters. The minimum atomic E-state index is -0.247.